The molecule has 0 radical (unpaired) electrons. The van der Waals surface area contributed by atoms with Crippen LogP contribution in [0.5, 0.6) is 5.75 Å². The monoisotopic (exact) mass is 753 g/mol. The third-order valence-corrected chi connectivity index (χ3v) is 22.1. The molecule has 1 amide bonds. The van der Waals surface area contributed by atoms with Gasteiger partial charge in [0.05, 0.1) is 5.60 Å². The van der Waals surface area contributed by atoms with Crippen LogP contribution < -0.4 is 15.1 Å². The van der Waals surface area contributed by atoms with E-state index in [0.29, 0.717) is 31.5 Å². The first-order chi connectivity index (χ1) is 25.5. The highest BCUT2D eigenvalue weighted by Crippen LogP contribution is 2.52. The van der Waals surface area contributed by atoms with Crippen molar-refractivity contribution in [3.63, 3.8) is 0 Å². The topological polar surface area (TPSA) is 48.0 Å². The second-order valence-electron chi connectivity index (χ2n) is 16.7. The molecular formula is C46H67NO4Si2. The van der Waals surface area contributed by atoms with Gasteiger partial charge in [0.15, 0.2) is 8.32 Å². The molecule has 1 aliphatic carbocycles. The Morgan fingerprint density at radius 1 is 0.849 bits per heavy atom. The lowest BCUT2D eigenvalue weighted by atomic mass is 9.79. The van der Waals surface area contributed by atoms with E-state index in [4.69, 9.17) is 13.6 Å². The van der Waals surface area contributed by atoms with Gasteiger partial charge in [0.25, 0.3) is 8.32 Å². The van der Waals surface area contributed by atoms with Crippen molar-refractivity contribution < 1.29 is 18.4 Å². The molecule has 1 saturated heterocycles. The number of benzene rings is 3. The van der Waals surface area contributed by atoms with E-state index in [1.165, 1.54) is 15.9 Å². The van der Waals surface area contributed by atoms with Crippen LogP contribution in [0.4, 0.5) is 0 Å². The molecular weight excluding hydrogens is 687 g/mol. The van der Waals surface area contributed by atoms with E-state index in [1.807, 2.05) is 30.3 Å². The van der Waals surface area contributed by atoms with Crippen LogP contribution in [0.15, 0.2) is 103 Å². The lowest BCUT2D eigenvalue weighted by Gasteiger charge is -2.46. The summed E-state index contributed by atoms with van der Waals surface area (Å²) in [4.78, 5) is 16.1. The number of carbonyl (C=O) groups is 1. The minimum Gasteiger partial charge on any atom is -0.490 e. The van der Waals surface area contributed by atoms with Gasteiger partial charge in [-0.2, -0.15) is 0 Å². The lowest BCUT2D eigenvalue weighted by Crippen LogP contribution is -2.66. The van der Waals surface area contributed by atoms with Crippen LogP contribution in [-0.4, -0.2) is 59.3 Å². The van der Waals surface area contributed by atoms with Crippen LogP contribution >= 0.6 is 0 Å². The summed E-state index contributed by atoms with van der Waals surface area (Å²) in [6.45, 7) is 19.3. The minimum atomic E-state index is -2.68. The summed E-state index contributed by atoms with van der Waals surface area (Å²) in [7, 11) is -4.77. The quantitative estimate of drug-likeness (QED) is 0.0738. The number of likely N-dealkylation sites (tertiary alicyclic amines) is 1. The van der Waals surface area contributed by atoms with E-state index in [2.05, 4.69) is 120 Å². The van der Waals surface area contributed by atoms with Crippen molar-refractivity contribution in [2.45, 2.75) is 122 Å². The van der Waals surface area contributed by atoms with E-state index in [-0.39, 0.29) is 11.0 Å². The van der Waals surface area contributed by atoms with Crippen molar-refractivity contribution in [2.75, 3.05) is 26.3 Å². The number of amides is 1. The van der Waals surface area contributed by atoms with E-state index in [1.54, 1.807) is 0 Å². The Balaban J connectivity index is 1.52. The number of ether oxygens (including phenoxy) is 1. The van der Waals surface area contributed by atoms with E-state index < -0.39 is 22.2 Å². The summed E-state index contributed by atoms with van der Waals surface area (Å²) in [5.74, 6) is 1.78. The zero-order valence-corrected chi connectivity index (χ0v) is 35.9. The minimum absolute atomic E-state index is 0.0846. The molecule has 0 spiro atoms. The Morgan fingerprint density at radius 2 is 1.40 bits per heavy atom. The molecule has 0 N–H and O–H groups in total. The molecule has 288 valence electrons. The van der Waals surface area contributed by atoms with Crippen LogP contribution in [0.3, 0.4) is 0 Å². The largest absolute Gasteiger partial charge is 0.490 e. The summed E-state index contributed by atoms with van der Waals surface area (Å²) in [5.41, 5.74) is 0.829. The molecule has 2 fully saturated rings. The summed E-state index contributed by atoms with van der Waals surface area (Å²) in [6.07, 6.45) is 8.79. The molecule has 3 aromatic carbocycles. The number of nitrogens with zero attached hydrogens (tertiary/aromatic N) is 1. The fourth-order valence-corrected chi connectivity index (χ4v) is 17.1. The number of hydrogen-bond donors (Lipinski definition) is 0. The first-order valence-electron chi connectivity index (χ1n) is 20.6. The summed E-state index contributed by atoms with van der Waals surface area (Å²) in [6, 6.07) is 35.2. The average molecular weight is 754 g/mol. The standard InChI is InChI=1S/C46H67NO4Si2/c1-8-52(9-2,10-3)51-46(37-38(4)35-40(46)36-44(48)47-31-20-21-32-47)39(30-34-49-41-24-14-11-15-25-41)23-22-33-50-53(45(5,6)7,42-26-16-12-17-27-42)43-28-18-13-19-29-43/h11-19,24-30,38,40H,8-10,20-23,31-37H2,1-7H3/b39-30+/t38-,40+,46-/m1/s1. The van der Waals surface area contributed by atoms with Crippen LogP contribution in [0, 0.1) is 11.8 Å². The molecule has 5 nitrogen and oxygen atoms in total. The summed E-state index contributed by atoms with van der Waals surface area (Å²) < 4.78 is 21.6. The fraction of sp³-hybridized carbons (Fsp3) is 0.543. The molecule has 5 rings (SSSR count). The first-order valence-corrected chi connectivity index (χ1v) is 25.1. The van der Waals surface area contributed by atoms with Crippen molar-refractivity contribution in [3.05, 3.63) is 103 Å². The number of carbonyl (C=O) groups excluding carboxylic acids is 1. The van der Waals surface area contributed by atoms with Gasteiger partial charge in [-0.25, -0.2) is 0 Å². The zero-order chi connectivity index (χ0) is 38.0. The third kappa shape index (κ3) is 9.46. The van der Waals surface area contributed by atoms with Crippen LogP contribution in [-0.2, 0) is 13.6 Å². The molecule has 0 aromatic heterocycles. The van der Waals surface area contributed by atoms with Gasteiger partial charge in [0, 0.05) is 26.1 Å². The molecule has 0 unspecified atom stereocenters. The highest BCUT2D eigenvalue weighted by atomic mass is 28.4. The van der Waals surface area contributed by atoms with E-state index in [0.717, 1.165) is 75.5 Å². The first kappa shape index (κ1) is 41.2. The van der Waals surface area contributed by atoms with Gasteiger partial charge in [-0.05, 0) is 108 Å². The molecule has 7 heteroatoms. The van der Waals surface area contributed by atoms with Gasteiger partial charge in [0.2, 0.25) is 5.91 Å². The maximum absolute atomic E-state index is 13.9. The van der Waals surface area contributed by atoms with Crippen LogP contribution in [0.25, 0.3) is 0 Å². The Morgan fingerprint density at radius 3 is 1.92 bits per heavy atom. The molecule has 1 heterocycles. The fourth-order valence-electron chi connectivity index (χ4n) is 9.43. The number of hydrogen-bond acceptors (Lipinski definition) is 4. The highest BCUT2D eigenvalue weighted by Gasteiger charge is 2.54. The van der Waals surface area contributed by atoms with Crippen LogP contribution in [0.2, 0.25) is 23.2 Å². The third-order valence-electron chi connectivity index (χ3n) is 12.4. The molecule has 3 atom stereocenters. The second-order valence-corrected chi connectivity index (χ2v) is 25.7. The number of rotatable bonds is 18. The average Bonchev–Trinajstić information content (AvgIpc) is 3.82. The molecule has 1 saturated carbocycles. The van der Waals surface area contributed by atoms with Crippen molar-refractivity contribution >= 4 is 32.9 Å². The Hall–Kier alpha value is -2.98. The van der Waals surface area contributed by atoms with Gasteiger partial charge < -0.3 is 18.5 Å². The van der Waals surface area contributed by atoms with Crippen LogP contribution in [0.1, 0.15) is 93.4 Å². The molecule has 1 aliphatic heterocycles. The van der Waals surface area contributed by atoms with E-state index in [9.17, 15) is 4.79 Å². The van der Waals surface area contributed by atoms with Crippen molar-refractivity contribution in [2.24, 2.45) is 11.8 Å². The summed E-state index contributed by atoms with van der Waals surface area (Å²) >= 11 is 0. The number of para-hydroxylation sites is 1. The SMILES string of the molecule is CC[Si](CC)(CC)O[C@@]1(/C(=C/COc2ccccc2)CCCO[Si](c2ccccc2)(c2ccccc2)C(C)(C)C)C[C@H](C)C[C@H]1CC(=O)N1CCCC1. The highest BCUT2D eigenvalue weighted by molar-refractivity contribution is 6.99. The molecule has 3 aromatic rings. The smallest absolute Gasteiger partial charge is 0.261 e. The van der Waals surface area contributed by atoms with Gasteiger partial charge in [-0.15, -0.1) is 0 Å². The molecule has 53 heavy (non-hydrogen) atoms. The predicted molar refractivity (Wildman–Crippen MR) is 226 cm³/mol. The Bertz CT molecular complexity index is 1530. The summed E-state index contributed by atoms with van der Waals surface area (Å²) in [5, 5.41) is 2.53. The second kappa shape index (κ2) is 18.6. The molecule has 0 bridgehead atoms. The van der Waals surface area contributed by atoms with Gasteiger partial charge in [0.1, 0.15) is 12.4 Å². The van der Waals surface area contributed by atoms with Crippen molar-refractivity contribution in [1.82, 2.24) is 4.90 Å². The maximum Gasteiger partial charge on any atom is 0.261 e. The van der Waals surface area contributed by atoms with Gasteiger partial charge >= 0.3 is 0 Å². The van der Waals surface area contributed by atoms with Crippen molar-refractivity contribution in [1.29, 1.82) is 0 Å². The normalized spacial score (nSPS) is 21.3. The van der Waals surface area contributed by atoms with Crippen molar-refractivity contribution in [3.8, 4) is 5.75 Å². The maximum atomic E-state index is 13.9. The van der Waals surface area contributed by atoms with Gasteiger partial charge in [-0.1, -0.05) is 127 Å². The lowest BCUT2D eigenvalue weighted by molar-refractivity contribution is -0.132. The van der Waals surface area contributed by atoms with E-state index >= 15 is 0 Å². The zero-order valence-electron chi connectivity index (χ0n) is 33.9. The Labute approximate surface area is 323 Å². The predicted octanol–water partition coefficient (Wildman–Crippen LogP) is 10.2. The van der Waals surface area contributed by atoms with Gasteiger partial charge in [-0.3, -0.25) is 4.79 Å². The Kier molecular flexibility index (Phi) is 14.4. The molecule has 2 aliphatic rings.